The quantitative estimate of drug-likeness (QED) is 0.791. The van der Waals surface area contributed by atoms with Crippen LogP contribution in [0.15, 0.2) is 42.5 Å². The van der Waals surface area contributed by atoms with Crippen LogP contribution in [0.1, 0.15) is 17.5 Å². The van der Waals surface area contributed by atoms with Crippen molar-refractivity contribution in [1.82, 2.24) is 0 Å². The Kier molecular flexibility index (Phi) is 5.18. The van der Waals surface area contributed by atoms with E-state index in [0.717, 1.165) is 11.1 Å². The number of amides is 2. The summed E-state index contributed by atoms with van der Waals surface area (Å²) in [6.45, 7) is 4.07. The first kappa shape index (κ1) is 18.9. The maximum Gasteiger partial charge on any atom is 0.314 e. The number of sulfonamides is 1. The molecule has 0 bridgehead atoms. The van der Waals surface area contributed by atoms with Gasteiger partial charge in [-0.1, -0.05) is 18.2 Å². The van der Waals surface area contributed by atoms with Gasteiger partial charge in [-0.15, -0.1) is 0 Å². The zero-order valence-corrected chi connectivity index (χ0v) is 16.0. The summed E-state index contributed by atoms with van der Waals surface area (Å²) in [6, 6.07) is 12.1. The van der Waals surface area contributed by atoms with Gasteiger partial charge in [0.1, 0.15) is 0 Å². The molecule has 1 heterocycles. The van der Waals surface area contributed by atoms with Crippen molar-refractivity contribution >= 4 is 38.9 Å². The fraction of sp³-hybridized carbons (Fsp3) is 0.263. The van der Waals surface area contributed by atoms with Crippen molar-refractivity contribution in [2.45, 2.75) is 20.3 Å². The second-order valence-corrected chi connectivity index (χ2v) is 8.53. The fourth-order valence-electron chi connectivity index (χ4n) is 2.92. The summed E-state index contributed by atoms with van der Waals surface area (Å²) in [4.78, 5) is 24.4. The monoisotopic (exact) mass is 387 g/mol. The van der Waals surface area contributed by atoms with Gasteiger partial charge in [-0.3, -0.25) is 13.9 Å². The molecule has 1 fully saturated rings. The van der Waals surface area contributed by atoms with E-state index in [1.54, 1.807) is 43.3 Å². The van der Waals surface area contributed by atoms with Crippen LogP contribution in [0.3, 0.4) is 0 Å². The lowest BCUT2D eigenvalue weighted by molar-refractivity contribution is -0.133. The molecule has 0 aromatic heterocycles. The number of hydrogen-bond donors (Lipinski definition) is 2. The van der Waals surface area contributed by atoms with Gasteiger partial charge in [0.2, 0.25) is 10.0 Å². The lowest BCUT2D eigenvalue weighted by Gasteiger charge is -2.19. The SMILES string of the molecule is Cc1cccc(NC(=O)C(=O)Nc2cc(N3CCCS3(=O)=O)ccc2C)c1. The van der Waals surface area contributed by atoms with Crippen molar-refractivity contribution in [2.75, 3.05) is 27.2 Å². The number of nitrogens with one attached hydrogen (secondary N) is 2. The summed E-state index contributed by atoms with van der Waals surface area (Å²) in [6.07, 6.45) is 0.566. The number of carbonyl (C=O) groups is 2. The lowest BCUT2D eigenvalue weighted by Crippen LogP contribution is -2.29. The summed E-state index contributed by atoms with van der Waals surface area (Å²) in [5.74, 6) is -1.50. The van der Waals surface area contributed by atoms with E-state index in [-0.39, 0.29) is 5.75 Å². The van der Waals surface area contributed by atoms with E-state index in [1.807, 2.05) is 13.0 Å². The fourth-order valence-corrected chi connectivity index (χ4v) is 4.48. The van der Waals surface area contributed by atoms with E-state index in [4.69, 9.17) is 0 Å². The van der Waals surface area contributed by atoms with Crippen LogP contribution in [0.5, 0.6) is 0 Å². The highest BCUT2D eigenvalue weighted by Crippen LogP contribution is 2.28. The largest absolute Gasteiger partial charge is 0.318 e. The van der Waals surface area contributed by atoms with Gasteiger partial charge in [0.25, 0.3) is 0 Å². The lowest BCUT2D eigenvalue weighted by atomic mass is 10.1. The minimum absolute atomic E-state index is 0.113. The molecule has 0 spiro atoms. The number of hydrogen-bond acceptors (Lipinski definition) is 4. The van der Waals surface area contributed by atoms with Crippen molar-refractivity contribution < 1.29 is 18.0 Å². The number of rotatable bonds is 3. The summed E-state index contributed by atoms with van der Waals surface area (Å²) in [5.41, 5.74) is 3.10. The predicted molar refractivity (Wildman–Crippen MR) is 105 cm³/mol. The van der Waals surface area contributed by atoms with Gasteiger partial charge in [-0.2, -0.15) is 0 Å². The highest BCUT2D eigenvalue weighted by atomic mass is 32.2. The van der Waals surface area contributed by atoms with E-state index < -0.39 is 21.8 Å². The Bertz CT molecular complexity index is 1000. The van der Waals surface area contributed by atoms with Gasteiger partial charge in [-0.05, 0) is 55.7 Å². The smallest absolute Gasteiger partial charge is 0.314 e. The second kappa shape index (κ2) is 7.40. The van der Waals surface area contributed by atoms with Crippen molar-refractivity contribution in [3.05, 3.63) is 53.6 Å². The Morgan fingerprint density at radius 2 is 1.74 bits per heavy atom. The highest BCUT2D eigenvalue weighted by Gasteiger charge is 2.28. The van der Waals surface area contributed by atoms with Crippen molar-refractivity contribution in [1.29, 1.82) is 0 Å². The van der Waals surface area contributed by atoms with Gasteiger partial charge in [0.15, 0.2) is 0 Å². The molecule has 0 unspecified atom stereocenters. The average Bonchev–Trinajstić information content (AvgIpc) is 2.96. The van der Waals surface area contributed by atoms with Crippen LogP contribution in [-0.2, 0) is 19.6 Å². The molecule has 0 aliphatic carbocycles. The maximum atomic E-state index is 12.3. The maximum absolute atomic E-state index is 12.3. The molecule has 8 heteroatoms. The molecular formula is C19H21N3O4S. The van der Waals surface area contributed by atoms with Gasteiger partial charge in [-0.25, -0.2) is 8.42 Å². The van der Waals surface area contributed by atoms with E-state index in [0.29, 0.717) is 30.0 Å². The van der Waals surface area contributed by atoms with Crippen molar-refractivity contribution in [3.63, 3.8) is 0 Å². The number of carbonyl (C=O) groups excluding carboxylic acids is 2. The molecule has 1 saturated heterocycles. The van der Waals surface area contributed by atoms with Crippen LogP contribution in [0.4, 0.5) is 17.1 Å². The molecule has 2 amide bonds. The normalized spacial score (nSPS) is 15.4. The van der Waals surface area contributed by atoms with E-state index in [2.05, 4.69) is 10.6 Å². The van der Waals surface area contributed by atoms with Crippen LogP contribution in [0, 0.1) is 13.8 Å². The molecule has 7 nitrogen and oxygen atoms in total. The van der Waals surface area contributed by atoms with Crippen LogP contribution in [-0.4, -0.2) is 32.5 Å². The van der Waals surface area contributed by atoms with Crippen LogP contribution in [0.2, 0.25) is 0 Å². The zero-order valence-electron chi connectivity index (χ0n) is 15.2. The molecule has 3 rings (SSSR count). The Morgan fingerprint density at radius 3 is 2.41 bits per heavy atom. The molecule has 0 radical (unpaired) electrons. The highest BCUT2D eigenvalue weighted by molar-refractivity contribution is 7.93. The third-order valence-electron chi connectivity index (χ3n) is 4.34. The molecule has 2 N–H and O–H groups in total. The van der Waals surface area contributed by atoms with Gasteiger partial charge >= 0.3 is 11.8 Å². The predicted octanol–water partition coefficient (Wildman–Crippen LogP) is 2.42. The average molecular weight is 387 g/mol. The molecular weight excluding hydrogens is 366 g/mol. The molecule has 0 saturated carbocycles. The minimum atomic E-state index is -3.32. The number of aryl methyl sites for hydroxylation is 2. The van der Waals surface area contributed by atoms with E-state index in [1.165, 1.54) is 4.31 Å². The van der Waals surface area contributed by atoms with Gasteiger partial charge in [0, 0.05) is 17.9 Å². The standard InChI is InChI=1S/C19H21N3O4S/c1-13-5-3-6-15(11-13)20-18(23)19(24)21-17-12-16(8-7-14(17)2)22-9-4-10-27(22,25)26/h3,5-8,11-12H,4,9-10H2,1-2H3,(H,20,23)(H,21,24). The Hall–Kier alpha value is -2.87. The number of nitrogens with zero attached hydrogens (tertiary/aromatic N) is 1. The molecule has 142 valence electrons. The zero-order chi connectivity index (χ0) is 19.6. The third kappa shape index (κ3) is 4.28. The van der Waals surface area contributed by atoms with E-state index in [9.17, 15) is 18.0 Å². The third-order valence-corrected chi connectivity index (χ3v) is 6.21. The molecule has 1 aliphatic rings. The van der Waals surface area contributed by atoms with Gasteiger partial charge < -0.3 is 10.6 Å². The summed E-state index contributed by atoms with van der Waals surface area (Å²) >= 11 is 0. The summed E-state index contributed by atoms with van der Waals surface area (Å²) in [5, 5.41) is 5.11. The Labute approximate surface area is 158 Å². The van der Waals surface area contributed by atoms with Gasteiger partial charge in [0.05, 0.1) is 11.4 Å². The summed E-state index contributed by atoms with van der Waals surface area (Å²) in [7, 11) is -3.32. The minimum Gasteiger partial charge on any atom is -0.318 e. The first-order chi connectivity index (χ1) is 12.8. The molecule has 2 aromatic carbocycles. The van der Waals surface area contributed by atoms with Crippen LogP contribution in [0.25, 0.3) is 0 Å². The van der Waals surface area contributed by atoms with Crippen LogP contribution >= 0.6 is 0 Å². The molecule has 0 atom stereocenters. The second-order valence-electron chi connectivity index (χ2n) is 6.52. The Morgan fingerprint density at radius 1 is 1.00 bits per heavy atom. The topological polar surface area (TPSA) is 95.6 Å². The van der Waals surface area contributed by atoms with E-state index >= 15 is 0 Å². The first-order valence-corrected chi connectivity index (χ1v) is 10.2. The molecule has 2 aromatic rings. The van der Waals surface area contributed by atoms with Crippen LogP contribution < -0.4 is 14.9 Å². The Balaban J connectivity index is 1.75. The number of anilines is 3. The molecule has 1 aliphatic heterocycles. The number of benzene rings is 2. The van der Waals surface area contributed by atoms with Crippen molar-refractivity contribution in [2.24, 2.45) is 0 Å². The van der Waals surface area contributed by atoms with Crippen molar-refractivity contribution in [3.8, 4) is 0 Å². The first-order valence-electron chi connectivity index (χ1n) is 8.56. The summed E-state index contributed by atoms with van der Waals surface area (Å²) < 4.78 is 25.5. The molecule has 27 heavy (non-hydrogen) atoms.